The highest BCUT2D eigenvalue weighted by Crippen LogP contribution is 2.48. The Kier molecular flexibility index (Phi) is 6.54. The molecule has 2 aromatic rings. The maximum Gasteiger partial charge on any atom is 0.372 e. The molecule has 2 atom stereocenters. The molecule has 3 nitrogen and oxygen atoms in total. The van der Waals surface area contributed by atoms with Crippen molar-refractivity contribution in [3.63, 3.8) is 0 Å². The molecule has 0 spiro atoms. The Morgan fingerprint density at radius 2 is 1.90 bits per heavy atom. The molecule has 2 aliphatic rings. The highest BCUT2D eigenvalue weighted by molar-refractivity contribution is 8.13. The van der Waals surface area contributed by atoms with E-state index in [1.165, 1.54) is 6.07 Å². The number of hydrogen-bond donors (Lipinski definition) is 0. The number of carbonyl (C=O) groups excluding carboxylic acids is 2. The first-order chi connectivity index (χ1) is 14.9. The summed E-state index contributed by atoms with van der Waals surface area (Å²) in [7, 11) is 0. The Hall–Kier alpha value is -2.11. The lowest BCUT2D eigenvalue weighted by Crippen LogP contribution is -2.24. The van der Waals surface area contributed by atoms with Gasteiger partial charge in [-0.3, -0.25) is 4.79 Å². The summed E-state index contributed by atoms with van der Waals surface area (Å²) in [4.78, 5) is 25.7. The zero-order valence-corrected chi connectivity index (χ0v) is 19.1. The number of fused-ring (bicyclic) bond motifs is 2. The van der Waals surface area contributed by atoms with Gasteiger partial charge in [0, 0.05) is 28.2 Å². The average molecular weight is 459 g/mol. The number of ether oxygens (including phenoxy) is 1. The lowest BCUT2D eigenvalue weighted by molar-refractivity contribution is -0.117. The molecule has 0 aromatic heterocycles. The van der Waals surface area contributed by atoms with Gasteiger partial charge < -0.3 is 4.74 Å². The van der Waals surface area contributed by atoms with Crippen molar-refractivity contribution >= 4 is 40.0 Å². The quantitative estimate of drug-likeness (QED) is 0.440. The number of ketones is 1. The molecule has 2 bridgehead atoms. The monoisotopic (exact) mass is 458 g/mol. The van der Waals surface area contributed by atoms with Crippen LogP contribution in [-0.4, -0.2) is 16.8 Å². The Labute approximate surface area is 191 Å². The van der Waals surface area contributed by atoms with Crippen LogP contribution in [0.25, 0.3) is 16.7 Å². The smallest absolute Gasteiger partial charge is 0.372 e. The van der Waals surface area contributed by atoms with Crippen LogP contribution in [0.2, 0.25) is 5.02 Å². The van der Waals surface area contributed by atoms with Gasteiger partial charge in [0.2, 0.25) is 0 Å². The molecular formula is C25H24ClFO3S. The zero-order chi connectivity index (χ0) is 22.1. The first-order valence-corrected chi connectivity index (χ1v) is 12.0. The molecule has 6 heteroatoms. The van der Waals surface area contributed by atoms with Gasteiger partial charge in [-0.1, -0.05) is 37.6 Å². The van der Waals surface area contributed by atoms with Crippen molar-refractivity contribution in [2.24, 2.45) is 11.8 Å². The molecule has 162 valence electrons. The van der Waals surface area contributed by atoms with E-state index in [-0.39, 0.29) is 22.9 Å². The van der Waals surface area contributed by atoms with E-state index in [0.29, 0.717) is 39.7 Å². The van der Waals surface area contributed by atoms with Crippen molar-refractivity contribution < 1.29 is 18.7 Å². The molecule has 0 saturated heterocycles. The summed E-state index contributed by atoms with van der Waals surface area (Å²) < 4.78 is 20.4. The minimum atomic E-state index is -0.419. The van der Waals surface area contributed by atoms with E-state index in [4.69, 9.17) is 16.3 Å². The van der Waals surface area contributed by atoms with Crippen LogP contribution >= 0.6 is 23.4 Å². The summed E-state index contributed by atoms with van der Waals surface area (Å²) in [6, 6.07) is 10.2. The predicted molar refractivity (Wildman–Crippen MR) is 124 cm³/mol. The molecule has 0 N–H and O–H groups in total. The number of allylic oxidation sites excluding steroid dienone is 2. The maximum absolute atomic E-state index is 14.6. The maximum atomic E-state index is 14.6. The highest BCUT2D eigenvalue weighted by Gasteiger charge is 2.43. The van der Waals surface area contributed by atoms with Crippen LogP contribution in [0.4, 0.5) is 9.18 Å². The third-order valence-electron chi connectivity index (χ3n) is 6.12. The summed E-state index contributed by atoms with van der Waals surface area (Å²) >= 11 is 7.01. The van der Waals surface area contributed by atoms with Crippen molar-refractivity contribution in [1.82, 2.24) is 0 Å². The topological polar surface area (TPSA) is 43.4 Å². The van der Waals surface area contributed by atoms with Crippen LogP contribution in [0.5, 0.6) is 0 Å². The SMILES string of the molecule is CCSC(=O)OC1=C(c2cc(-c3ccc(Cl)cc3F)ccc2CC)C(=O)[C@H]2CCC1C2. The third-order valence-corrected chi connectivity index (χ3v) is 6.97. The van der Waals surface area contributed by atoms with Gasteiger partial charge in [-0.25, -0.2) is 9.18 Å². The van der Waals surface area contributed by atoms with Crippen LogP contribution in [0.15, 0.2) is 42.2 Å². The Balaban J connectivity index is 1.88. The van der Waals surface area contributed by atoms with Crippen molar-refractivity contribution in [3.05, 3.63) is 64.1 Å². The molecule has 1 saturated carbocycles. The zero-order valence-electron chi connectivity index (χ0n) is 17.5. The largest absolute Gasteiger partial charge is 0.422 e. The normalized spacial score (nSPS) is 20.3. The predicted octanol–water partition coefficient (Wildman–Crippen LogP) is 7.31. The van der Waals surface area contributed by atoms with Gasteiger partial charge >= 0.3 is 5.30 Å². The number of rotatable bonds is 5. The summed E-state index contributed by atoms with van der Waals surface area (Å²) in [5.74, 6) is 0.739. The Morgan fingerprint density at radius 3 is 2.61 bits per heavy atom. The second-order valence-corrected chi connectivity index (χ2v) is 9.58. The van der Waals surface area contributed by atoms with Gasteiger partial charge in [0.05, 0.1) is 5.57 Å². The van der Waals surface area contributed by atoms with Gasteiger partial charge in [0.15, 0.2) is 5.78 Å². The molecule has 2 aliphatic carbocycles. The minimum Gasteiger partial charge on any atom is -0.422 e. The van der Waals surface area contributed by atoms with Crippen molar-refractivity contribution in [2.75, 3.05) is 5.75 Å². The fourth-order valence-corrected chi connectivity index (χ4v) is 5.18. The second-order valence-electron chi connectivity index (χ2n) is 7.95. The molecule has 1 fully saturated rings. The number of Topliss-reactive ketones (excluding diaryl/α,β-unsaturated/α-hetero) is 1. The molecule has 0 radical (unpaired) electrons. The van der Waals surface area contributed by atoms with Gasteiger partial charge in [0.1, 0.15) is 11.6 Å². The number of hydrogen-bond acceptors (Lipinski definition) is 4. The van der Waals surface area contributed by atoms with Crippen molar-refractivity contribution in [3.8, 4) is 11.1 Å². The van der Waals surface area contributed by atoms with Gasteiger partial charge in [0.25, 0.3) is 0 Å². The van der Waals surface area contributed by atoms with E-state index < -0.39 is 5.82 Å². The van der Waals surface area contributed by atoms with E-state index in [0.717, 1.165) is 42.2 Å². The second kappa shape index (κ2) is 9.17. The molecule has 2 aromatic carbocycles. The van der Waals surface area contributed by atoms with E-state index in [9.17, 15) is 14.0 Å². The molecule has 31 heavy (non-hydrogen) atoms. The summed E-state index contributed by atoms with van der Waals surface area (Å²) in [5.41, 5.74) is 3.28. The van der Waals surface area contributed by atoms with Crippen LogP contribution < -0.4 is 0 Å². The molecule has 0 heterocycles. The lowest BCUT2D eigenvalue weighted by Gasteiger charge is -2.26. The standard InChI is InChI=1S/C25H24ClFO3S/c1-3-14-5-6-15(19-10-9-18(26)13-21(19)27)12-20(14)22-23(28)16-7-8-17(11-16)24(22)30-25(29)31-4-2/h5-6,9-10,12-13,16-17H,3-4,7-8,11H2,1-2H3/t16-,17?/m0/s1. The van der Waals surface area contributed by atoms with E-state index in [1.807, 2.05) is 32.0 Å². The van der Waals surface area contributed by atoms with Gasteiger partial charge in [-0.15, -0.1) is 0 Å². The lowest BCUT2D eigenvalue weighted by atomic mass is 9.81. The number of benzene rings is 2. The number of halogens is 2. The number of aryl methyl sites for hydroxylation is 1. The molecule has 0 aliphatic heterocycles. The average Bonchev–Trinajstić information content (AvgIpc) is 3.19. The van der Waals surface area contributed by atoms with Crippen molar-refractivity contribution in [2.45, 2.75) is 39.5 Å². The van der Waals surface area contributed by atoms with Gasteiger partial charge in [-0.2, -0.15) is 0 Å². The van der Waals surface area contributed by atoms with Gasteiger partial charge in [-0.05, 0) is 78.4 Å². The summed E-state index contributed by atoms with van der Waals surface area (Å²) in [5, 5.41) is -0.0536. The van der Waals surface area contributed by atoms with Crippen molar-refractivity contribution in [1.29, 1.82) is 0 Å². The molecule has 1 unspecified atom stereocenters. The number of carbonyl (C=O) groups is 2. The minimum absolute atomic E-state index is 0.0291. The number of thioether (sulfide) groups is 1. The van der Waals surface area contributed by atoms with E-state index in [2.05, 4.69) is 0 Å². The van der Waals surface area contributed by atoms with Crippen LogP contribution in [0.3, 0.4) is 0 Å². The van der Waals surface area contributed by atoms with Crippen LogP contribution in [0, 0.1) is 17.7 Å². The Morgan fingerprint density at radius 1 is 1.13 bits per heavy atom. The molecular weight excluding hydrogens is 435 g/mol. The summed E-state index contributed by atoms with van der Waals surface area (Å²) in [6.07, 6.45) is 3.08. The van der Waals surface area contributed by atoms with E-state index in [1.54, 1.807) is 12.1 Å². The third kappa shape index (κ3) is 4.31. The molecule has 4 rings (SSSR count). The fraction of sp³-hybridized carbons (Fsp3) is 0.360. The van der Waals surface area contributed by atoms with Crippen LogP contribution in [0.1, 0.15) is 44.2 Å². The first kappa shape index (κ1) is 22.1. The highest BCUT2D eigenvalue weighted by atomic mass is 35.5. The fourth-order valence-electron chi connectivity index (χ4n) is 4.63. The van der Waals surface area contributed by atoms with Crippen LogP contribution in [-0.2, 0) is 16.0 Å². The summed E-state index contributed by atoms with van der Waals surface area (Å²) in [6.45, 7) is 3.90. The van der Waals surface area contributed by atoms with E-state index >= 15 is 0 Å². The first-order valence-electron chi connectivity index (χ1n) is 10.6. The molecule has 0 amide bonds. The Bertz CT molecular complexity index is 1080.